The molecule has 3 nitrogen and oxygen atoms in total. The van der Waals surface area contributed by atoms with Crippen molar-refractivity contribution in [2.24, 2.45) is 7.05 Å². The van der Waals surface area contributed by atoms with Crippen LogP contribution in [-0.2, 0) is 13.5 Å². The topological polar surface area (TPSA) is 29.9 Å². The van der Waals surface area contributed by atoms with Gasteiger partial charge in [-0.1, -0.05) is 18.5 Å². The normalized spacial score (nSPS) is 12.9. The van der Waals surface area contributed by atoms with Crippen LogP contribution >= 0.6 is 45.5 Å². The zero-order valence-electron chi connectivity index (χ0n) is 11.2. The lowest BCUT2D eigenvalue weighted by Crippen LogP contribution is -2.22. The molecule has 0 aliphatic heterocycles. The maximum atomic E-state index is 6.32. The van der Waals surface area contributed by atoms with E-state index < -0.39 is 0 Å². The van der Waals surface area contributed by atoms with Crippen molar-refractivity contribution in [3.63, 3.8) is 0 Å². The van der Waals surface area contributed by atoms with Gasteiger partial charge in [0.05, 0.1) is 8.58 Å². The molecule has 0 radical (unpaired) electrons. The van der Waals surface area contributed by atoms with E-state index in [-0.39, 0.29) is 0 Å². The van der Waals surface area contributed by atoms with Crippen LogP contribution in [0, 0.1) is 9.81 Å². The first-order valence-corrected chi connectivity index (χ1v) is 8.51. The Hall–Kier alpha value is -0.110. The van der Waals surface area contributed by atoms with E-state index in [0.29, 0.717) is 6.04 Å². The molecule has 2 rings (SSSR count). The van der Waals surface area contributed by atoms with Crippen LogP contribution in [0.3, 0.4) is 0 Å². The second kappa shape index (κ2) is 6.56. The van der Waals surface area contributed by atoms with Gasteiger partial charge < -0.3 is 5.32 Å². The zero-order chi connectivity index (χ0) is 14.0. The molecule has 0 aliphatic rings. The average Bonchev–Trinajstić information content (AvgIpc) is 2.88. The van der Waals surface area contributed by atoms with Crippen molar-refractivity contribution in [2.75, 3.05) is 6.54 Å². The number of likely N-dealkylation sites (N-methyl/N-ethyl adjacent to an activating group) is 1. The van der Waals surface area contributed by atoms with Crippen LogP contribution in [0.4, 0.5) is 0 Å². The van der Waals surface area contributed by atoms with Gasteiger partial charge in [-0.05, 0) is 59.5 Å². The van der Waals surface area contributed by atoms with Crippen molar-refractivity contribution in [1.29, 1.82) is 0 Å². The first-order chi connectivity index (χ1) is 9.02. The minimum Gasteiger partial charge on any atom is -0.310 e. The van der Waals surface area contributed by atoms with Crippen molar-refractivity contribution in [2.45, 2.75) is 26.3 Å². The molecular weight excluding hydrogens is 393 g/mol. The lowest BCUT2D eigenvalue weighted by Gasteiger charge is -2.16. The zero-order valence-corrected chi connectivity index (χ0v) is 14.9. The molecule has 0 fully saturated rings. The molecule has 0 saturated carbocycles. The predicted octanol–water partition coefficient (Wildman–Crippen LogP) is 3.94. The molecule has 2 heterocycles. The minimum atomic E-state index is 0.296. The van der Waals surface area contributed by atoms with Gasteiger partial charge in [0.1, 0.15) is 5.15 Å². The molecule has 1 N–H and O–H groups in total. The van der Waals surface area contributed by atoms with Crippen molar-refractivity contribution >= 4 is 45.5 Å². The summed E-state index contributed by atoms with van der Waals surface area (Å²) in [4.78, 5) is 0. The van der Waals surface area contributed by atoms with Crippen LogP contribution in [0.2, 0.25) is 5.15 Å². The monoisotopic (exact) mass is 409 g/mol. The predicted molar refractivity (Wildman–Crippen MR) is 90.1 cm³/mol. The van der Waals surface area contributed by atoms with E-state index in [4.69, 9.17) is 11.6 Å². The first-order valence-electron chi connectivity index (χ1n) is 6.18. The third-order valence-corrected chi connectivity index (χ3v) is 5.40. The first kappa shape index (κ1) is 15.3. The summed E-state index contributed by atoms with van der Waals surface area (Å²) in [6, 6.07) is 2.53. The summed E-state index contributed by atoms with van der Waals surface area (Å²) in [6.07, 6.45) is 0.874. The Morgan fingerprint density at radius 2 is 2.32 bits per heavy atom. The third kappa shape index (κ3) is 3.51. The molecule has 0 bridgehead atoms. The Labute approximate surface area is 136 Å². The van der Waals surface area contributed by atoms with Gasteiger partial charge in [-0.15, -0.1) is 11.3 Å². The number of aromatic nitrogens is 2. The van der Waals surface area contributed by atoms with E-state index in [1.165, 1.54) is 8.45 Å². The Bertz CT molecular complexity index is 564. The number of rotatable bonds is 5. The molecule has 0 aromatic carbocycles. The number of aryl methyl sites for hydroxylation is 2. The molecular formula is C13H17ClIN3S. The molecule has 19 heavy (non-hydrogen) atoms. The molecule has 0 aliphatic carbocycles. The van der Waals surface area contributed by atoms with Gasteiger partial charge in [0.25, 0.3) is 0 Å². The molecule has 1 atom stereocenters. The Morgan fingerprint density at radius 3 is 2.79 bits per heavy atom. The highest BCUT2D eigenvalue weighted by molar-refractivity contribution is 14.1. The summed E-state index contributed by atoms with van der Waals surface area (Å²) in [7, 11) is 1.88. The van der Waals surface area contributed by atoms with Gasteiger partial charge in [0, 0.05) is 18.7 Å². The standard InChI is InChI=1S/C13H17ClIN3S/c1-4-16-11(9-5-12(15)19-7-9)6-10-8(2)17-18(3)13(10)14/h5,7,11,16H,4,6H2,1-3H3. The highest BCUT2D eigenvalue weighted by atomic mass is 127. The average molecular weight is 410 g/mol. The molecule has 0 spiro atoms. The Balaban J connectivity index is 2.26. The van der Waals surface area contributed by atoms with Crippen LogP contribution in [0.15, 0.2) is 11.4 Å². The second-order valence-corrected chi connectivity index (χ2v) is 7.64. The van der Waals surface area contributed by atoms with Gasteiger partial charge in [0.2, 0.25) is 0 Å². The van der Waals surface area contributed by atoms with Gasteiger partial charge in [-0.3, -0.25) is 4.68 Å². The third-order valence-electron chi connectivity index (χ3n) is 3.12. The lowest BCUT2D eigenvalue weighted by atomic mass is 10.0. The van der Waals surface area contributed by atoms with E-state index in [1.807, 2.05) is 14.0 Å². The van der Waals surface area contributed by atoms with E-state index in [2.05, 4.69) is 51.4 Å². The number of hydrogen-bond acceptors (Lipinski definition) is 3. The van der Waals surface area contributed by atoms with Crippen LogP contribution < -0.4 is 5.32 Å². The molecule has 2 aromatic rings. The van der Waals surface area contributed by atoms with Gasteiger partial charge >= 0.3 is 0 Å². The number of hydrogen-bond donors (Lipinski definition) is 1. The van der Waals surface area contributed by atoms with Crippen molar-refractivity contribution in [3.8, 4) is 0 Å². The molecule has 1 unspecified atom stereocenters. The molecule has 2 aromatic heterocycles. The van der Waals surface area contributed by atoms with Crippen molar-refractivity contribution in [1.82, 2.24) is 15.1 Å². The van der Waals surface area contributed by atoms with E-state index in [9.17, 15) is 0 Å². The number of thiophene rings is 1. The largest absolute Gasteiger partial charge is 0.310 e. The molecule has 0 saturated heterocycles. The summed E-state index contributed by atoms with van der Waals surface area (Å²) in [5.74, 6) is 0. The minimum absolute atomic E-state index is 0.296. The summed E-state index contributed by atoms with van der Waals surface area (Å²) in [6.45, 7) is 5.08. The number of nitrogens with zero attached hydrogens (tertiary/aromatic N) is 2. The van der Waals surface area contributed by atoms with E-state index in [0.717, 1.165) is 29.4 Å². The van der Waals surface area contributed by atoms with Crippen molar-refractivity contribution < 1.29 is 0 Å². The van der Waals surface area contributed by atoms with Crippen LogP contribution in [-0.4, -0.2) is 16.3 Å². The fraction of sp³-hybridized carbons (Fsp3) is 0.462. The number of halogens is 2. The van der Waals surface area contributed by atoms with Gasteiger partial charge in [-0.25, -0.2) is 0 Å². The van der Waals surface area contributed by atoms with Crippen molar-refractivity contribution in [3.05, 3.63) is 36.3 Å². The summed E-state index contributed by atoms with van der Waals surface area (Å²) >= 11 is 10.5. The lowest BCUT2D eigenvalue weighted by molar-refractivity contribution is 0.550. The SMILES string of the molecule is CCNC(Cc1c(C)nn(C)c1Cl)c1csc(I)c1. The Kier molecular flexibility index (Phi) is 5.28. The summed E-state index contributed by atoms with van der Waals surface area (Å²) in [5, 5.41) is 10.9. The highest BCUT2D eigenvalue weighted by Gasteiger charge is 2.18. The van der Waals surface area contributed by atoms with E-state index in [1.54, 1.807) is 16.0 Å². The molecule has 0 amide bonds. The smallest absolute Gasteiger partial charge is 0.130 e. The maximum Gasteiger partial charge on any atom is 0.130 e. The van der Waals surface area contributed by atoms with E-state index >= 15 is 0 Å². The molecule has 104 valence electrons. The fourth-order valence-electron chi connectivity index (χ4n) is 2.17. The van der Waals surface area contributed by atoms with Crippen LogP contribution in [0.5, 0.6) is 0 Å². The molecule has 6 heteroatoms. The fourth-order valence-corrected chi connectivity index (χ4v) is 3.85. The van der Waals surface area contributed by atoms with Gasteiger partial charge in [-0.2, -0.15) is 5.10 Å². The summed E-state index contributed by atoms with van der Waals surface area (Å²) < 4.78 is 3.05. The van der Waals surface area contributed by atoms with Gasteiger partial charge in [0.15, 0.2) is 0 Å². The number of nitrogens with one attached hydrogen (secondary N) is 1. The summed E-state index contributed by atoms with van der Waals surface area (Å²) in [5.41, 5.74) is 3.48. The maximum absolute atomic E-state index is 6.32. The van der Waals surface area contributed by atoms with Crippen LogP contribution in [0.1, 0.15) is 29.8 Å². The Morgan fingerprint density at radius 1 is 1.58 bits per heavy atom. The van der Waals surface area contributed by atoms with Crippen LogP contribution in [0.25, 0.3) is 0 Å². The quantitative estimate of drug-likeness (QED) is 0.758. The second-order valence-electron chi connectivity index (χ2n) is 4.48. The highest BCUT2D eigenvalue weighted by Crippen LogP contribution is 2.28.